The summed E-state index contributed by atoms with van der Waals surface area (Å²) in [6.07, 6.45) is 1.30. The molecule has 1 aromatic carbocycles. The second-order valence-electron chi connectivity index (χ2n) is 4.69. The van der Waals surface area contributed by atoms with E-state index < -0.39 is 11.9 Å². The third-order valence-electron chi connectivity index (χ3n) is 3.57. The lowest BCUT2D eigenvalue weighted by Gasteiger charge is -2.22. The van der Waals surface area contributed by atoms with Crippen LogP contribution in [0.3, 0.4) is 0 Å². The van der Waals surface area contributed by atoms with Crippen molar-refractivity contribution in [3.8, 4) is 11.5 Å². The second-order valence-corrected chi connectivity index (χ2v) is 4.69. The minimum absolute atomic E-state index is 0.0738. The average molecular weight is 281 g/mol. The summed E-state index contributed by atoms with van der Waals surface area (Å²) < 4.78 is 10.7. The van der Waals surface area contributed by atoms with Crippen LogP contribution in [0.1, 0.15) is 31.2 Å². The van der Waals surface area contributed by atoms with Gasteiger partial charge >= 0.3 is 5.97 Å². The van der Waals surface area contributed by atoms with E-state index in [0.717, 1.165) is 12.0 Å². The minimum Gasteiger partial charge on any atom is -0.493 e. The number of rotatable bonds is 8. The highest BCUT2D eigenvalue weighted by Crippen LogP contribution is 2.39. The van der Waals surface area contributed by atoms with Crippen LogP contribution in [0.15, 0.2) is 18.2 Å². The number of carbonyl (C=O) groups is 1. The molecule has 0 spiro atoms. The molecule has 0 saturated heterocycles. The molecule has 0 radical (unpaired) electrons. The third kappa shape index (κ3) is 3.63. The van der Waals surface area contributed by atoms with E-state index in [1.807, 2.05) is 25.1 Å². The third-order valence-corrected chi connectivity index (χ3v) is 3.57. The number of methoxy groups -OCH3 is 2. The second kappa shape index (κ2) is 7.75. The quantitative estimate of drug-likeness (QED) is 0.763. The molecule has 0 aliphatic carbocycles. The highest BCUT2D eigenvalue weighted by atomic mass is 16.5. The normalized spacial score (nSPS) is 13.6. The molecule has 0 aromatic heterocycles. The molecule has 0 bridgehead atoms. The van der Waals surface area contributed by atoms with Gasteiger partial charge < -0.3 is 20.3 Å². The van der Waals surface area contributed by atoms with Crippen LogP contribution in [0.4, 0.5) is 0 Å². The summed E-state index contributed by atoms with van der Waals surface area (Å²) >= 11 is 0. The Morgan fingerprint density at radius 1 is 1.35 bits per heavy atom. The van der Waals surface area contributed by atoms with Gasteiger partial charge in [-0.25, -0.2) is 0 Å². The first-order chi connectivity index (χ1) is 9.58. The fourth-order valence-electron chi connectivity index (χ4n) is 2.39. The molecule has 3 N–H and O–H groups in total. The number of ether oxygens (including phenoxy) is 2. The van der Waals surface area contributed by atoms with E-state index in [9.17, 15) is 4.79 Å². The highest BCUT2D eigenvalue weighted by Gasteiger charge is 2.24. The molecule has 0 aliphatic heterocycles. The van der Waals surface area contributed by atoms with E-state index in [4.69, 9.17) is 20.3 Å². The van der Waals surface area contributed by atoms with Gasteiger partial charge in [0.05, 0.1) is 20.1 Å². The molecule has 20 heavy (non-hydrogen) atoms. The summed E-state index contributed by atoms with van der Waals surface area (Å²) in [5, 5.41) is 9.16. The zero-order valence-corrected chi connectivity index (χ0v) is 12.3. The van der Waals surface area contributed by atoms with Gasteiger partial charge in [0.2, 0.25) is 0 Å². The number of benzene rings is 1. The zero-order chi connectivity index (χ0) is 15.1. The Balaban J connectivity index is 3.09. The number of aliphatic carboxylic acids is 1. The van der Waals surface area contributed by atoms with Gasteiger partial charge in [0.25, 0.3) is 0 Å². The summed E-state index contributed by atoms with van der Waals surface area (Å²) in [6.45, 7) is 2.16. The van der Waals surface area contributed by atoms with E-state index in [2.05, 4.69) is 0 Å². The molecule has 0 heterocycles. The maximum atomic E-state index is 11.2. The van der Waals surface area contributed by atoms with Crippen molar-refractivity contribution in [3.05, 3.63) is 23.8 Å². The van der Waals surface area contributed by atoms with Gasteiger partial charge in [-0.15, -0.1) is 0 Å². The topological polar surface area (TPSA) is 81.8 Å². The lowest BCUT2D eigenvalue weighted by atomic mass is 9.86. The Bertz CT molecular complexity index is 447. The van der Waals surface area contributed by atoms with Gasteiger partial charge in [0, 0.05) is 12.1 Å². The van der Waals surface area contributed by atoms with Gasteiger partial charge in [-0.05, 0) is 24.8 Å². The van der Waals surface area contributed by atoms with Crippen molar-refractivity contribution in [2.24, 2.45) is 11.7 Å². The van der Waals surface area contributed by atoms with E-state index in [-0.39, 0.29) is 12.5 Å². The summed E-state index contributed by atoms with van der Waals surface area (Å²) in [5.41, 5.74) is 6.51. The Morgan fingerprint density at radius 2 is 2.05 bits per heavy atom. The maximum absolute atomic E-state index is 11.2. The molecule has 2 atom stereocenters. The van der Waals surface area contributed by atoms with Crippen molar-refractivity contribution >= 4 is 5.97 Å². The number of nitrogens with two attached hydrogens (primary N) is 1. The van der Waals surface area contributed by atoms with Crippen LogP contribution in [0.2, 0.25) is 0 Å². The molecule has 0 amide bonds. The number of carboxylic acid groups (broad SMARTS) is 1. The van der Waals surface area contributed by atoms with E-state index in [0.29, 0.717) is 17.9 Å². The largest absolute Gasteiger partial charge is 0.493 e. The van der Waals surface area contributed by atoms with Crippen molar-refractivity contribution in [2.45, 2.75) is 25.7 Å². The van der Waals surface area contributed by atoms with Crippen LogP contribution in [-0.2, 0) is 4.79 Å². The number of para-hydroxylation sites is 1. The predicted octanol–water partition coefficient (Wildman–Crippen LogP) is 2.25. The Hall–Kier alpha value is -1.75. The Kier molecular flexibility index (Phi) is 6.31. The summed E-state index contributed by atoms with van der Waals surface area (Å²) in [5.74, 6) is -0.000506. The first-order valence-electron chi connectivity index (χ1n) is 6.72. The average Bonchev–Trinajstić information content (AvgIpc) is 2.47. The molecule has 5 nitrogen and oxygen atoms in total. The SMILES string of the molecule is CCC(CC(CN)C(=O)O)c1cccc(OC)c1OC. The van der Waals surface area contributed by atoms with Crippen molar-refractivity contribution in [3.63, 3.8) is 0 Å². The van der Waals surface area contributed by atoms with Gasteiger partial charge in [0.1, 0.15) is 0 Å². The fourth-order valence-corrected chi connectivity index (χ4v) is 2.39. The number of hydrogen-bond acceptors (Lipinski definition) is 4. The van der Waals surface area contributed by atoms with Crippen LogP contribution in [0, 0.1) is 5.92 Å². The first kappa shape index (κ1) is 16.3. The summed E-state index contributed by atoms with van der Waals surface area (Å²) in [6, 6.07) is 5.66. The lowest BCUT2D eigenvalue weighted by molar-refractivity contribution is -0.141. The molecule has 0 fully saturated rings. The van der Waals surface area contributed by atoms with Gasteiger partial charge in [0.15, 0.2) is 11.5 Å². The van der Waals surface area contributed by atoms with E-state index in [1.54, 1.807) is 14.2 Å². The van der Waals surface area contributed by atoms with E-state index >= 15 is 0 Å². The first-order valence-corrected chi connectivity index (χ1v) is 6.72. The summed E-state index contributed by atoms with van der Waals surface area (Å²) in [4.78, 5) is 11.2. The van der Waals surface area contributed by atoms with Crippen LogP contribution in [0.25, 0.3) is 0 Å². The monoisotopic (exact) mass is 281 g/mol. The molecule has 1 aromatic rings. The summed E-state index contributed by atoms with van der Waals surface area (Å²) in [7, 11) is 3.17. The number of carboxylic acids is 1. The predicted molar refractivity (Wildman–Crippen MR) is 77.4 cm³/mol. The van der Waals surface area contributed by atoms with Crippen molar-refractivity contribution < 1.29 is 19.4 Å². The molecule has 0 saturated carbocycles. The fraction of sp³-hybridized carbons (Fsp3) is 0.533. The van der Waals surface area contributed by atoms with Crippen LogP contribution < -0.4 is 15.2 Å². The van der Waals surface area contributed by atoms with Crippen molar-refractivity contribution in [1.29, 1.82) is 0 Å². The molecule has 5 heteroatoms. The maximum Gasteiger partial charge on any atom is 0.307 e. The molecule has 0 aliphatic rings. The van der Waals surface area contributed by atoms with Crippen LogP contribution in [0.5, 0.6) is 11.5 Å². The smallest absolute Gasteiger partial charge is 0.307 e. The molecule has 2 unspecified atom stereocenters. The van der Waals surface area contributed by atoms with Crippen LogP contribution in [-0.4, -0.2) is 31.8 Å². The molecule has 1 rings (SSSR count). The standard InChI is InChI=1S/C15H23NO4/c1-4-10(8-11(9-16)15(17)18)12-6-5-7-13(19-2)14(12)20-3/h5-7,10-11H,4,8-9,16H2,1-3H3,(H,17,18). The zero-order valence-electron chi connectivity index (χ0n) is 12.3. The Morgan fingerprint density at radius 3 is 2.50 bits per heavy atom. The lowest BCUT2D eigenvalue weighted by Crippen LogP contribution is -2.25. The molecule has 112 valence electrons. The van der Waals surface area contributed by atoms with Gasteiger partial charge in [-0.2, -0.15) is 0 Å². The number of hydrogen-bond donors (Lipinski definition) is 2. The minimum atomic E-state index is -0.854. The van der Waals surface area contributed by atoms with Gasteiger partial charge in [-0.3, -0.25) is 4.79 Å². The highest BCUT2D eigenvalue weighted by molar-refractivity contribution is 5.70. The van der Waals surface area contributed by atoms with Crippen molar-refractivity contribution in [2.75, 3.05) is 20.8 Å². The van der Waals surface area contributed by atoms with Gasteiger partial charge in [-0.1, -0.05) is 19.1 Å². The molecular weight excluding hydrogens is 258 g/mol. The molecular formula is C15H23NO4. The Labute approximate surface area is 119 Å². The van der Waals surface area contributed by atoms with E-state index in [1.165, 1.54) is 0 Å². The van der Waals surface area contributed by atoms with Crippen molar-refractivity contribution in [1.82, 2.24) is 0 Å². The van der Waals surface area contributed by atoms with Crippen LogP contribution >= 0.6 is 0 Å².